The molecule has 2 nitrogen and oxygen atoms in total. The Bertz CT molecular complexity index is 330. The van der Waals surface area contributed by atoms with Gasteiger partial charge in [-0.15, -0.1) is 11.6 Å². The van der Waals surface area contributed by atoms with Crippen molar-refractivity contribution in [1.82, 2.24) is 9.97 Å². The highest BCUT2D eigenvalue weighted by atomic mass is 35.5. The Labute approximate surface area is 97.0 Å². The second-order valence-corrected chi connectivity index (χ2v) is 3.88. The molecule has 0 bridgehead atoms. The molecular formula is C8H7ClF6N2. The van der Waals surface area contributed by atoms with E-state index in [4.69, 9.17) is 11.6 Å². The summed E-state index contributed by atoms with van der Waals surface area (Å²) >= 11 is 5.21. The maximum Gasteiger partial charge on any atom is 0.401 e. The predicted molar refractivity (Wildman–Crippen MR) is 47.5 cm³/mol. The minimum absolute atomic E-state index is 0.0245. The number of nitrogens with one attached hydrogen (secondary N) is 1. The minimum Gasteiger partial charge on any atom is -0.349 e. The summed E-state index contributed by atoms with van der Waals surface area (Å²) in [6.45, 7) is 0. The molecule has 1 heterocycles. The molecule has 1 rings (SSSR count). The monoisotopic (exact) mass is 280 g/mol. The lowest BCUT2D eigenvalue weighted by Crippen LogP contribution is -2.43. The molecule has 0 radical (unpaired) electrons. The van der Waals surface area contributed by atoms with Crippen molar-refractivity contribution in [2.45, 2.75) is 24.2 Å². The summed E-state index contributed by atoms with van der Waals surface area (Å²) in [5.74, 6) is -3.59. The first-order valence-electron chi connectivity index (χ1n) is 4.38. The van der Waals surface area contributed by atoms with Gasteiger partial charge in [-0.3, -0.25) is 0 Å². The summed E-state index contributed by atoms with van der Waals surface area (Å²) in [7, 11) is 0. The Morgan fingerprint density at radius 1 is 1.18 bits per heavy atom. The van der Waals surface area contributed by atoms with Crippen molar-refractivity contribution in [2.75, 3.05) is 0 Å². The number of rotatable bonds is 3. The van der Waals surface area contributed by atoms with Crippen LogP contribution in [0, 0.1) is 5.92 Å². The van der Waals surface area contributed by atoms with Crippen LogP contribution in [0.25, 0.3) is 0 Å². The lowest BCUT2D eigenvalue weighted by Gasteiger charge is -2.26. The van der Waals surface area contributed by atoms with E-state index in [1.165, 1.54) is 12.4 Å². The molecule has 0 spiro atoms. The number of hydrogen-bond acceptors (Lipinski definition) is 1. The molecule has 98 valence electrons. The quantitative estimate of drug-likeness (QED) is 0.668. The van der Waals surface area contributed by atoms with Gasteiger partial charge in [0.25, 0.3) is 0 Å². The van der Waals surface area contributed by atoms with Gasteiger partial charge in [0.15, 0.2) is 5.92 Å². The second kappa shape index (κ2) is 4.75. The fourth-order valence-corrected chi connectivity index (χ4v) is 1.74. The van der Waals surface area contributed by atoms with Crippen LogP contribution in [0.5, 0.6) is 0 Å². The zero-order valence-corrected chi connectivity index (χ0v) is 8.87. The zero-order valence-electron chi connectivity index (χ0n) is 8.11. The lowest BCUT2D eigenvalue weighted by molar-refractivity contribution is -0.284. The standard InChI is InChI=1S/C8H7ClF6N2/c9-4(3-5-16-1-2-17-5)6(7(10,11)12)8(13,14)15/h1-2,4,6H,3H2,(H,16,17). The number of alkyl halides is 7. The Kier molecular flexibility index (Phi) is 3.95. The number of aromatic nitrogens is 2. The summed E-state index contributed by atoms with van der Waals surface area (Å²) in [6, 6.07) is 0. The van der Waals surface area contributed by atoms with Crippen LogP contribution < -0.4 is 0 Å². The summed E-state index contributed by atoms with van der Waals surface area (Å²) in [4.78, 5) is 5.92. The highest BCUT2D eigenvalue weighted by molar-refractivity contribution is 6.21. The lowest BCUT2D eigenvalue weighted by atomic mass is 10.0. The summed E-state index contributed by atoms with van der Waals surface area (Å²) in [6.07, 6.45) is -9.00. The molecule has 1 atom stereocenters. The Hall–Kier alpha value is -0.920. The summed E-state index contributed by atoms with van der Waals surface area (Å²) in [5, 5.41) is -2.15. The third-order valence-corrected chi connectivity index (χ3v) is 2.42. The normalized spacial score (nSPS) is 15.3. The predicted octanol–water partition coefficient (Wildman–Crippen LogP) is 3.30. The third-order valence-electron chi connectivity index (χ3n) is 2.01. The highest BCUT2D eigenvalue weighted by Gasteiger charge is 2.59. The molecule has 0 aliphatic rings. The first kappa shape index (κ1) is 14.1. The molecule has 9 heteroatoms. The van der Waals surface area contributed by atoms with Gasteiger partial charge in [-0.1, -0.05) is 0 Å². The molecule has 1 unspecified atom stereocenters. The highest BCUT2D eigenvalue weighted by Crippen LogP contribution is 2.43. The van der Waals surface area contributed by atoms with Gasteiger partial charge in [0.2, 0.25) is 0 Å². The topological polar surface area (TPSA) is 28.7 Å². The van der Waals surface area contributed by atoms with Crippen LogP contribution in [0.1, 0.15) is 5.82 Å². The molecule has 1 aromatic heterocycles. The van der Waals surface area contributed by atoms with Gasteiger partial charge in [0.1, 0.15) is 5.82 Å². The average Bonchev–Trinajstić information content (AvgIpc) is 2.49. The molecule has 17 heavy (non-hydrogen) atoms. The number of aromatic amines is 1. The van der Waals surface area contributed by atoms with Crippen molar-refractivity contribution in [3.63, 3.8) is 0 Å². The Balaban J connectivity index is 2.84. The van der Waals surface area contributed by atoms with E-state index in [0.717, 1.165) is 0 Å². The maximum absolute atomic E-state index is 12.3. The number of nitrogens with zero attached hydrogens (tertiary/aromatic N) is 1. The van der Waals surface area contributed by atoms with Crippen LogP contribution in [0.3, 0.4) is 0 Å². The van der Waals surface area contributed by atoms with Crippen molar-refractivity contribution >= 4 is 11.6 Å². The van der Waals surface area contributed by atoms with Crippen LogP contribution in [0.15, 0.2) is 12.4 Å². The van der Waals surface area contributed by atoms with Crippen molar-refractivity contribution in [3.05, 3.63) is 18.2 Å². The van der Waals surface area contributed by atoms with Crippen LogP contribution in [-0.2, 0) is 6.42 Å². The summed E-state index contributed by atoms with van der Waals surface area (Å²) < 4.78 is 73.6. The number of hydrogen-bond donors (Lipinski definition) is 1. The molecule has 0 aromatic carbocycles. The molecule has 0 aliphatic heterocycles. The van der Waals surface area contributed by atoms with E-state index >= 15 is 0 Å². The molecular weight excluding hydrogens is 274 g/mol. The minimum atomic E-state index is -5.43. The average molecular weight is 281 g/mol. The number of imidazole rings is 1. The maximum atomic E-state index is 12.3. The first-order chi connectivity index (χ1) is 7.62. The molecule has 0 saturated carbocycles. The van der Waals surface area contributed by atoms with Gasteiger partial charge < -0.3 is 4.98 Å². The molecule has 1 N–H and O–H groups in total. The van der Waals surface area contributed by atoms with Crippen LogP contribution >= 0.6 is 11.6 Å². The number of H-pyrrole nitrogens is 1. The molecule has 0 amide bonds. The summed E-state index contributed by atoms with van der Waals surface area (Å²) in [5.41, 5.74) is 0. The van der Waals surface area contributed by atoms with E-state index in [1.54, 1.807) is 0 Å². The van der Waals surface area contributed by atoms with E-state index in [2.05, 4.69) is 9.97 Å². The molecule has 0 fully saturated rings. The van der Waals surface area contributed by atoms with Gasteiger partial charge in [-0.05, 0) is 0 Å². The van der Waals surface area contributed by atoms with E-state index in [9.17, 15) is 26.3 Å². The smallest absolute Gasteiger partial charge is 0.349 e. The van der Waals surface area contributed by atoms with Gasteiger partial charge in [-0.2, -0.15) is 26.3 Å². The second-order valence-electron chi connectivity index (χ2n) is 3.32. The van der Waals surface area contributed by atoms with Gasteiger partial charge >= 0.3 is 12.4 Å². The Morgan fingerprint density at radius 3 is 2.06 bits per heavy atom. The van der Waals surface area contributed by atoms with Crippen LogP contribution in [-0.4, -0.2) is 27.7 Å². The number of halogens is 7. The largest absolute Gasteiger partial charge is 0.401 e. The van der Waals surface area contributed by atoms with Crippen molar-refractivity contribution < 1.29 is 26.3 Å². The van der Waals surface area contributed by atoms with Crippen LogP contribution in [0.4, 0.5) is 26.3 Å². The van der Waals surface area contributed by atoms with E-state index in [-0.39, 0.29) is 5.82 Å². The fraction of sp³-hybridized carbons (Fsp3) is 0.625. The van der Waals surface area contributed by atoms with Crippen molar-refractivity contribution in [2.24, 2.45) is 5.92 Å². The molecule has 1 aromatic rings. The molecule has 0 aliphatic carbocycles. The van der Waals surface area contributed by atoms with Crippen molar-refractivity contribution in [1.29, 1.82) is 0 Å². The van der Waals surface area contributed by atoms with E-state index in [0.29, 0.717) is 0 Å². The van der Waals surface area contributed by atoms with Gasteiger partial charge in [0.05, 0.1) is 5.38 Å². The van der Waals surface area contributed by atoms with Crippen LogP contribution in [0.2, 0.25) is 0 Å². The SMILES string of the molecule is FC(F)(F)C(C(Cl)Cc1ncc[nH]1)C(F)(F)F. The zero-order chi connectivity index (χ0) is 13.3. The third kappa shape index (κ3) is 3.79. The first-order valence-corrected chi connectivity index (χ1v) is 4.81. The van der Waals surface area contributed by atoms with Gasteiger partial charge in [-0.25, -0.2) is 4.98 Å². The van der Waals surface area contributed by atoms with E-state index in [1.807, 2.05) is 0 Å². The van der Waals surface area contributed by atoms with E-state index < -0.39 is 30.1 Å². The van der Waals surface area contributed by atoms with Crippen molar-refractivity contribution in [3.8, 4) is 0 Å². The molecule has 0 saturated heterocycles. The van der Waals surface area contributed by atoms with Gasteiger partial charge in [0, 0.05) is 18.8 Å². The Morgan fingerprint density at radius 2 is 1.71 bits per heavy atom. The fourth-order valence-electron chi connectivity index (χ4n) is 1.31.